The highest BCUT2D eigenvalue weighted by atomic mass is 32.1. The zero-order valence-corrected chi connectivity index (χ0v) is 11.6. The summed E-state index contributed by atoms with van der Waals surface area (Å²) in [7, 11) is 2.06. The Kier molecular flexibility index (Phi) is 4.52. The van der Waals surface area contributed by atoms with Crippen molar-refractivity contribution >= 4 is 11.3 Å². The van der Waals surface area contributed by atoms with Gasteiger partial charge in [0.2, 0.25) is 0 Å². The van der Waals surface area contributed by atoms with Crippen LogP contribution in [0.4, 0.5) is 0 Å². The van der Waals surface area contributed by atoms with Crippen LogP contribution in [0, 0.1) is 0 Å². The molecule has 2 rings (SSSR count). The highest BCUT2D eigenvalue weighted by Crippen LogP contribution is 2.26. The Morgan fingerprint density at radius 3 is 3.06 bits per heavy atom. The normalized spacial score (nSPS) is 13.1. The summed E-state index contributed by atoms with van der Waals surface area (Å²) < 4.78 is 0. The van der Waals surface area contributed by atoms with Gasteiger partial charge in [0.1, 0.15) is 0 Å². The van der Waals surface area contributed by atoms with E-state index in [0.717, 1.165) is 25.2 Å². The van der Waals surface area contributed by atoms with Crippen molar-refractivity contribution in [3.8, 4) is 10.6 Å². The summed E-state index contributed by atoms with van der Waals surface area (Å²) in [6, 6.07) is 4.14. The minimum Gasteiger partial charge on any atom is -0.393 e. The fourth-order valence-corrected chi connectivity index (χ4v) is 2.60. The lowest BCUT2D eigenvalue weighted by molar-refractivity contribution is 0.163. The molecule has 2 aromatic rings. The van der Waals surface area contributed by atoms with E-state index in [9.17, 15) is 5.11 Å². The van der Waals surface area contributed by atoms with Crippen molar-refractivity contribution in [3.05, 3.63) is 29.3 Å². The summed E-state index contributed by atoms with van der Waals surface area (Å²) in [6.07, 6.45) is 2.44. The second-order valence-corrected chi connectivity index (χ2v) is 5.57. The molecule has 0 spiro atoms. The molecule has 2 aromatic heterocycles. The first-order valence-corrected chi connectivity index (χ1v) is 6.97. The van der Waals surface area contributed by atoms with Crippen LogP contribution in [0.1, 0.15) is 18.9 Å². The molecule has 0 saturated carbocycles. The van der Waals surface area contributed by atoms with E-state index in [1.54, 1.807) is 11.3 Å². The number of hydrogen-bond donors (Lipinski definition) is 2. The molecule has 0 amide bonds. The minimum absolute atomic E-state index is 0.242. The number of aliphatic hydroxyl groups excluding tert-OH is 1. The summed E-state index contributed by atoms with van der Waals surface area (Å²) >= 11 is 1.71. The van der Waals surface area contributed by atoms with Crippen LogP contribution < -0.4 is 0 Å². The lowest BCUT2D eigenvalue weighted by atomic mass is 10.2. The van der Waals surface area contributed by atoms with Crippen LogP contribution in [0.3, 0.4) is 0 Å². The van der Waals surface area contributed by atoms with E-state index in [1.807, 2.05) is 19.2 Å². The lowest BCUT2D eigenvalue weighted by Crippen LogP contribution is -2.22. The van der Waals surface area contributed by atoms with Crippen molar-refractivity contribution in [2.75, 3.05) is 13.6 Å². The fraction of sp³-hybridized carbons (Fsp3) is 0.462. The Labute approximate surface area is 111 Å². The number of aliphatic hydroxyl groups is 1. The molecule has 1 unspecified atom stereocenters. The van der Waals surface area contributed by atoms with Crippen molar-refractivity contribution in [1.29, 1.82) is 0 Å². The molecule has 0 aromatic carbocycles. The Hall–Kier alpha value is -1.17. The van der Waals surface area contributed by atoms with Gasteiger partial charge in [-0.05, 0) is 31.8 Å². The van der Waals surface area contributed by atoms with Crippen molar-refractivity contribution in [2.24, 2.45) is 0 Å². The molecule has 18 heavy (non-hydrogen) atoms. The first kappa shape index (κ1) is 13.3. The van der Waals surface area contributed by atoms with E-state index in [2.05, 4.69) is 33.6 Å². The Bertz CT molecular complexity index is 464. The smallest absolute Gasteiger partial charge is 0.0794 e. The molecule has 0 aliphatic rings. The standard InChI is InChI=1S/C13H19N3OS/c1-10(17)5-6-16(2)9-11-8-14-15-13(11)12-4-3-7-18-12/h3-4,7-8,10,17H,5-6,9H2,1-2H3,(H,14,15). The number of hydrogen-bond acceptors (Lipinski definition) is 4. The quantitative estimate of drug-likeness (QED) is 0.843. The van der Waals surface area contributed by atoms with E-state index in [0.29, 0.717) is 0 Å². The molecule has 0 aliphatic carbocycles. The molecule has 1 atom stereocenters. The molecular formula is C13H19N3OS. The first-order chi connectivity index (χ1) is 8.66. The zero-order chi connectivity index (χ0) is 13.0. The number of H-pyrrole nitrogens is 1. The van der Waals surface area contributed by atoms with Crippen LogP contribution in [0.5, 0.6) is 0 Å². The number of rotatable bonds is 6. The molecule has 0 radical (unpaired) electrons. The van der Waals surface area contributed by atoms with Crippen LogP contribution in [-0.4, -0.2) is 39.9 Å². The average Bonchev–Trinajstić information content (AvgIpc) is 2.95. The van der Waals surface area contributed by atoms with Crippen LogP contribution >= 0.6 is 11.3 Å². The third-order valence-corrected chi connectivity index (χ3v) is 3.74. The zero-order valence-electron chi connectivity index (χ0n) is 10.8. The highest BCUT2D eigenvalue weighted by molar-refractivity contribution is 7.13. The number of nitrogens with one attached hydrogen (secondary N) is 1. The summed E-state index contributed by atoms with van der Waals surface area (Å²) in [6.45, 7) is 3.55. The van der Waals surface area contributed by atoms with Gasteiger partial charge in [0.25, 0.3) is 0 Å². The topological polar surface area (TPSA) is 52.1 Å². The Balaban J connectivity index is 2.00. The van der Waals surface area contributed by atoms with Gasteiger partial charge in [-0.1, -0.05) is 6.07 Å². The van der Waals surface area contributed by atoms with Gasteiger partial charge in [-0.25, -0.2) is 0 Å². The molecule has 0 saturated heterocycles. The van der Waals surface area contributed by atoms with Gasteiger partial charge in [0, 0.05) is 18.7 Å². The predicted molar refractivity (Wildman–Crippen MR) is 74.5 cm³/mol. The molecule has 98 valence electrons. The van der Waals surface area contributed by atoms with E-state index in [-0.39, 0.29) is 6.10 Å². The van der Waals surface area contributed by atoms with Gasteiger partial charge in [0.15, 0.2) is 0 Å². The molecule has 5 heteroatoms. The lowest BCUT2D eigenvalue weighted by Gasteiger charge is -2.17. The number of thiophene rings is 1. The Morgan fingerprint density at radius 1 is 1.56 bits per heavy atom. The van der Waals surface area contributed by atoms with E-state index in [4.69, 9.17) is 0 Å². The van der Waals surface area contributed by atoms with Gasteiger partial charge < -0.3 is 10.0 Å². The number of nitrogens with zero attached hydrogens (tertiary/aromatic N) is 2. The summed E-state index contributed by atoms with van der Waals surface area (Å²) in [5.41, 5.74) is 2.31. The van der Waals surface area contributed by atoms with E-state index in [1.165, 1.54) is 10.4 Å². The molecule has 0 fully saturated rings. The average molecular weight is 265 g/mol. The fourth-order valence-electron chi connectivity index (χ4n) is 1.84. The minimum atomic E-state index is -0.242. The van der Waals surface area contributed by atoms with Gasteiger partial charge >= 0.3 is 0 Å². The van der Waals surface area contributed by atoms with Crippen LogP contribution in [0.2, 0.25) is 0 Å². The van der Waals surface area contributed by atoms with Gasteiger partial charge in [-0.15, -0.1) is 11.3 Å². The van der Waals surface area contributed by atoms with E-state index >= 15 is 0 Å². The number of aromatic amines is 1. The largest absolute Gasteiger partial charge is 0.393 e. The number of aromatic nitrogens is 2. The Morgan fingerprint density at radius 2 is 2.39 bits per heavy atom. The van der Waals surface area contributed by atoms with Crippen LogP contribution in [0.25, 0.3) is 10.6 Å². The summed E-state index contributed by atoms with van der Waals surface area (Å²) in [5.74, 6) is 0. The maximum absolute atomic E-state index is 9.29. The van der Waals surface area contributed by atoms with Gasteiger partial charge in [0.05, 0.1) is 22.9 Å². The maximum atomic E-state index is 9.29. The van der Waals surface area contributed by atoms with Crippen LogP contribution in [0.15, 0.2) is 23.7 Å². The maximum Gasteiger partial charge on any atom is 0.0794 e. The first-order valence-electron chi connectivity index (χ1n) is 6.09. The van der Waals surface area contributed by atoms with Gasteiger partial charge in [-0.3, -0.25) is 5.10 Å². The highest BCUT2D eigenvalue weighted by Gasteiger charge is 2.11. The van der Waals surface area contributed by atoms with Crippen molar-refractivity contribution in [3.63, 3.8) is 0 Å². The molecular weight excluding hydrogens is 246 g/mol. The second kappa shape index (κ2) is 6.13. The third-order valence-electron chi connectivity index (χ3n) is 2.85. The van der Waals surface area contributed by atoms with Crippen molar-refractivity contribution in [2.45, 2.75) is 26.0 Å². The molecule has 2 heterocycles. The molecule has 4 nitrogen and oxygen atoms in total. The second-order valence-electron chi connectivity index (χ2n) is 4.62. The SMILES string of the molecule is CC(O)CCN(C)Cc1cn[nH]c1-c1cccs1. The summed E-state index contributed by atoms with van der Waals surface area (Å²) in [5, 5.41) is 18.5. The molecule has 0 bridgehead atoms. The monoisotopic (exact) mass is 265 g/mol. The van der Waals surface area contributed by atoms with Crippen molar-refractivity contribution in [1.82, 2.24) is 15.1 Å². The van der Waals surface area contributed by atoms with E-state index < -0.39 is 0 Å². The van der Waals surface area contributed by atoms with Gasteiger partial charge in [-0.2, -0.15) is 5.10 Å². The van der Waals surface area contributed by atoms with Crippen molar-refractivity contribution < 1.29 is 5.11 Å². The molecule has 0 aliphatic heterocycles. The van der Waals surface area contributed by atoms with Crippen LogP contribution in [-0.2, 0) is 6.54 Å². The predicted octanol–water partition coefficient (Wildman–Crippen LogP) is 2.34. The summed E-state index contributed by atoms with van der Waals surface area (Å²) in [4.78, 5) is 3.42. The third kappa shape index (κ3) is 3.41. The molecule has 2 N–H and O–H groups in total.